The summed E-state index contributed by atoms with van der Waals surface area (Å²) in [5.74, 6) is -0.258. The minimum Gasteiger partial charge on any atom is -0.341 e. The summed E-state index contributed by atoms with van der Waals surface area (Å²) in [7, 11) is 0. The van der Waals surface area contributed by atoms with Gasteiger partial charge >= 0.3 is 0 Å². The van der Waals surface area contributed by atoms with Gasteiger partial charge in [-0.25, -0.2) is 9.37 Å². The van der Waals surface area contributed by atoms with Gasteiger partial charge in [-0.3, -0.25) is 14.2 Å². The van der Waals surface area contributed by atoms with Crippen LogP contribution in [-0.2, 0) is 11.3 Å². The number of carbonyl (C=O) groups is 1. The van der Waals surface area contributed by atoms with Crippen molar-refractivity contribution in [3.8, 4) is 0 Å². The second kappa shape index (κ2) is 7.46. The first-order valence-electron chi connectivity index (χ1n) is 8.42. The number of hydrogen-bond donors (Lipinski definition) is 1. The molecule has 0 unspecified atom stereocenters. The number of likely N-dealkylation sites (tertiary alicyclic amines) is 1. The molecule has 0 bridgehead atoms. The van der Waals surface area contributed by atoms with Crippen LogP contribution >= 0.6 is 0 Å². The maximum atomic E-state index is 13.4. The van der Waals surface area contributed by atoms with Gasteiger partial charge in [-0.15, -0.1) is 0 Å². The van der Waals surface area contributed by atoms with E-state index in [1.807, 2.05) is 0 Å². The predicted molar refractivity (Wildman–Crippen MR) is 93.3 cm³/mol. The monoisotopic (exact) mass is 344 g/mol. The molecule has 2 heterocycles. The Morgan fingerprint density at radius 3 is 2.72 bits per heavy atom. The molecule has 0 spiro atoms. The van der Waals surface area contributed by atoms with Crippen LogP contribution in [0.25, 0.3) is 0 Å². The Morgan fingerprint density at radius 2 is 2.00 bits per heavy atom. The average Bonchev–Trinajstić information content (AvgIpc) is 2.58. The lowest BCUT2D eigenvalue weighted by molar-refractivity contribution is -0.132. The van der Waals surface area contributed by atoms with Crippen molar-refractivity contribution in [3.05, 3.63) is 52.2 Å². The fraction of sp³-hybridized carbons (Fsp3) is 0.389. The molecule has 0 aliphatic carbocycles. The smallest absolute Gasteiger partial charge is 0.255 e. The van der Waals surface area contributed by atoms with Crippen LogP contribution in [0.5, 0.6) is 0 Å². The molecule has 2 aromatic rings. The van der Waals surface area contributed by atoms with E-state index in [0.717, 1.165) is 32.4 Å². The summed E-state index contributed by atoms with van der Waals surface area (Å²) in [4.78, 5) is 31.0. The van der Waals surface area contributed by atoms with Gasteiger partial charge in [0.1, 0.15) is 12.4 Å². The fourth-order valence-electron chi connectivity index (χ4n) is 2.94. The van der Waals surface area contributed by atoms with Crippen LogP contribution in [0.4, 0.5) is 16.0 Å². The van der Waals surface area contributed by atoms with E-state index in [0.29, 0.717) is 11.4 Å². The Kier molecular flexibility index (Phi) is 5.11. The first kappa shape index (κ1) is 17.1. The van der Waals surface area contributed by atoms with Gasteiger partial charge < -0.3 is 10.2 Å². The number of rotatable bonds is 4. The predicted octanol–water partition coefficient (Wildman–Crippen LogP) is 2.45. The molecule has 1 fully saturated rings. The Balaban J connectivity index is 1.87. The van der Waals surface area contributed by atoms with Crippen molar-refractivity contribution < 1.29 is 9.18 Å². The molecular weight excluding hydrogens is 323 g/mol. The third-order valence-electron chi connectivity index (χ3n) is 4.22. The normalized spacial score (nSPS) is 14.4. The number of nitrogens with zero attached hydrogens (tertiary/aromatic N) is 3. The fourth-order valence-corrected chi connectivity index (χ4v) is 2.94. The molecule has 1 aromatic carbocycles. The third-order valence-corrected chi connectivity index (χ3v) is 4.22. The SMILES string of the molecule is Cc1cc(=O)n(CC(=O)N2CCCCC2)c(Nc2cccc(F)c2)n1. The molecule has 0 saturated carbocycles. The highest BCUT2D eigenvalue weighted by molar-refractivity contribution is 5.76. The summed E-state index contributed by atoms with van der Waals surface area (Å²) in [6, 6.07) is 7.27. The zero-order valence-electron chi connectivity index (χ0n) is 14.2. The highest BCUT2D eigenvalue weighted by atomic mass is 19.1. The van der Waals surface area contributed by atoms with E-state index in [1.54, 1.807) is 24.0 Å². The lowest BCUT2D eigenvalue weighted by Crippen LogP contribution is -2.40. The Hall–Kier alpha value is -2.70. The van der Waals surface area contributed by atoms with Crippen molar-refractivity contribution in [3.63, 3.8) is 0 Å². The largest absolute Gasteiger partial charge is 0.341 e. The molecule has 25 heavy (non-hydrogen) atoms. The van der Waals surface area contributed by atoms with Crippen molar-refractivity contribution in [2.75, 3.05) is 18.4 Å². The van der Waals surface area contributed by atoms with Gasteiger partial charge in [0.05, 0.1) is 0 Å². The number of hydrogen-bond acceptors (Lipinski definition) is 4. The van der Waals surface area contributed by atoms with Gasteiger partial charge in [0.15, 0.2) is 0 Å². The standard InChI is InChI=1S/C18H21FN4O2/c1-13-10-16(24)23(12-17(25)22-8-3-2-4-9-22)18(20-13)21-15-7-5-6-14(19)11-15/h5-7,10-11H,2-4,8-9,12H2,1H3,(H,20,21). The van der Waals surface area contributed by atoms with Gasteiger partial charge in [0.25, 0.3) is 5.56 Å². The molecule has 1 aromatic heterocycles. The van der Waals surface area contributed by atoms with Crippen LogP contribution in [0.3, 0.4) is 0 Å². The second-order valence-electron chi connectivity index (χ2n) is 6.22. The maximum Gasteiger partial charge on any atom is 0.255 e. The first-order valence-corrected chi connectivity index (χ1v) is 8.42. The van der Waals surface area contributed by atoms with Crippen LogP contribution < -0.4 is 10.9 Å². The van der Waals surface area contributed by atoms with E-state index in [4.69, 9.17) is 0 Å². The van der Waals surface area contributed by atoms with Crippen molar-refractivity contribution in [2.45, 2.75) is 32.7 Å². The number of anilines is 2. The summed E-state index contributed by atoms with van der Waals surface area (Å²) in [5.41, 5.74) is 0.694. The molecule has 1 aliphatic rings. The van der Waals surface area contributed by atoms with E-state index in [-0.39, 0.29) is 24.0 Å². The van der Waals surface area contributed by atoms with Gasteiger partial charge in [-0.05, 0) is 44.4 Å². The molecule has 6 nitrogen and oxygen atoms in total. The molecule has 3 rings (SSSR count). The summed E-state index contributed by atoms with van der Waals surface area (Å²) in [5, 5.41) is 2.94. The Labute approximate surface area is 145 Å². The highest BCUT2D eigenvalue weighted by Crippen LogP contribution is 2.16. The molecule has 1 N–H and O–H groups in total. The van der Waals surface area contributed by atoms with Crippen LogP contribution in [-0.4, -0.2) is 33.4 Å². The van der Waals surface area contributed by atoms with E-state index in [9.17, 15) is 14.0 Å². The quantitative estimate of drug-likeness (QED) is 0.925. The number of nitrogens with one attached hydrogen (secondary N) is 1. The highest BCUT2D eigenvalue weighted by Gasteiger charge is 2.19. The molecular formula is C18H21FN4O2. The number of amides is 1. The van der Waals surface area contributed by atoms with Gasteiger partial charge in [-0.1, -0.05) is 6.07 Å². The lowest BCUT2D eigenvalue weighted by atomic mass is 10.1. The van der Waals surface area contributed by atoms with Gasteiger partial charge in [0, 0.05) is 30.5 Å². The van der Waals surface area contributed by atoms with Crippen LogP contribution in [0.2, 0.25) is 0 Å². The van der Waals surface area contributed by atoms with E-state index in [2.05, 4.69) is 10.3 Å². The van der Waals surface area contributed by atoms with Crippen molar-refractivity contribution in [1.82, 2.24) is 14.5 Å². The zero-order valence-corrected chi connectivity index (χ0v) is 14.2. The number of piperidine rings is 1. The lowest BCUT2D eigenvalue weighted by Gasteiger charge is -2.27. The molecule has 1 saturated heterocycles. The first-order chi connectivity index (χ1) is 12.0. The summed E-state index contributed by atoms with van der Waals surface area (Å²) in [6.07, 6.45) is 3.10. The van der Waals surface area contributed by atoms with Crippen LogP contribution in [0.15, 0.2) is 35.1 Å². The van der Waals surface area contributed by atoms with Gasteiger partial charge in [0.2, 0.25) is 11.9 Å². The minimum atomic E-state index is -0.393. The van der Waals surface area contributed by atoms with E-state index in [1.165, 1.54) is 22.8 Å². The van der Waals surface area contributed by atoms with Crippen LogP contribution in [0, 0.1) is 12.7 Å². The third kappa shape index (κ3) is 4.23. The maximum absolute atomic E-state index is 13.4. The van der Waals surface area contributed by atoms with Crippen LogP contribution in [0.1, 0.15) is 25.0 Å². The Bertz CT molecular complexity index is 828. The molecule has 1 amide bonds. The summed E-state index contributed by atoms with van der Waals surface area (Å²) < 4.78 is 14.7. The number of halogens is 1. The average molecular weight is 344 g/mol. The van der Waals surface area contributed by atoms with Crippen molar-refractivity contribution in [2.24, 2.45) is 0 Å². The van der Waals surface area contributed by atoms with E-state index < -0.39 is 5.82 Å². The zero-order chi connectivity index (χ0) is 17.8. The minimum absolute atomic E-state index is 0.0796. The number of aromatic nitrogens is 2. The molecule has 7 heteroatoms. The molecule has 0 atom stereocenters. The number of aryl methyl sites for hydroxylation is 1. The van der Waals surface area contributed by atoms with E-state index >= 15 is 0 Å². The summed E-state index contributed by atoms with van der Waals surface area (Å²) in [6.45, 7) is 3.07. The molecule has 132 valence electrons. The topological polar surface area (TPSA) is 67.2 Å². The molecule has 1 aliphatic heterocycles. The van der Waals surface area contributed by atoms with Crippen molar-refractivity contribution in [1.29, 1.82) is 0 Å². The van der Waals surface area contributed by atoms with Gasteiger partial charge in [-0.2, -0.15) is 0 Å². The second-order valence-corrected chi connectivity index (χ2v) is 6.22. The molecule has 0 radical (unpaired) electrons. The Morgan fingerprint density at radius 1 is 1.24 bits per heavy atom. The number of benzene rings is 1. The van der Waals surface area contributed by atoms with Crippen molar-refractivity contribution >= 4 is 17.5 Å². The summed E-state index contributed by atoms with van der Waals surface area (Å²) >= 11 is 0. The number of carbonyl (C=O) groups excluding carboxylic acids is 1.